The number of thiazole rings is 1. The summed E-state index contributed by atoms with van der Waals surface area (Å²) in [4.78, 5) is 13.4. The molecule has 4 bridgehead atoms. The Hall–Kier alpha value is -1.83. The van der Waals surface area contributed by atoms with Gasteiger partial charge in [-0.25, -0.2) is 5.43 Å². The highest BCUT2D eigenvalue weighted by Gasteiger charge is 2.54. The number of nitrogens with zero attached hydrogens (tertiary/aromatic N) is 2. The van der Waals surface area contributed by atoms with Gasteiger partial charge in [0.1, 0.15) is 0 Å². The zero-order valence-electron chi connectivity index (χ0n) is 15.6. The zero-order chi connectivity index (χ0) is 19.7. The van der Waals surface area contributed by atoms with Crippen molar-refractivity contribution in [1.82, 2.24) is 9.99 Å². The van der Waals surface area contributed by atoms with Crippen molar-refractivity contribution in [3.05, 3.63) is 28.6 Å². The summed E-state index contributed by atoms with van der Waals surface area (Å²) >= 11 is 0.958. The molecule has 28 heavy (non-hydrogen) atoms. The average Bonchev–Trinajstić information content (AvgIpc) is 2.93. The number of hydrogen-bond acceptors (Lipinski definition) is 3. The summed E-state index contributed by atoms with van der Waals surface area (Å²) in [5.41, 5.74) is 2.18. The van der Waals surface area contributed by atoms with Crippen molar-refractivity contribution in [2.45, 2.75) is 44.7 Å². The Labute approximate surface area is 164 Å². The molecule has 1 aromatic carbocycles. The van der Waals surface area contributed by atoms with Crippen LogP contribution in [0.15, 0.2) is 23.3 Å². The van der Waals surface area contributed by atoms with E-state index in [-0.39, 0.29) is 16.0 Å². The van der Waals surface area contributed by atoms with Crippen molar-refractivity contribution in [3.8, 4) is 0 Å². The van der Waals surface area contributed by atoms with Crippen molar-refractivity contribution in [1.29, 1.82) is 0 Å². The third-order valence-electron chi connectivity index (χ3n) is 6.91. The second-order valence-electron chi connectivity index (χ2n) is 8.85. The minimum Gasteiger partial charge on any atom is -0.318 e. The summed E-state index contributed by atoms with van der Waals surface area (Å²) < 4.78 is 41.6. The minimum atomic E-state index is -4.42. The Bertz CT molecular complexity index is 985. The Kier molecular flexibility index (Phi) is 3.96. The Morgan fingerprint density at radius 2 is 1.79 bits per heavy atom. The van der Waals surface area contributed by atoms with E-state index in [1.165, 1.54) is 25.3 Å². The van der Waals surface area contributed by atoms with Crippen LogP contribution in [0.5, 0.6) is 0 Å². The molecule has 1 N–H and O–H groups in total. The van der Waals surface area contributed by atoms with Gasteiger partial charge in [0, 0.05) is 7.05 Å². The monoisotopic (exact) mass is 409 g/mol. The summed E-state index contributed by atoms with van der Waals surface area (Å²) in [6.45, 7) is 0. The quantitative estimate of drug-likeness (QED) is 0.734. The van der Waals surface area contributed by atoms with Gasteiger partial charge < -0.3 is 4.57 Å². The first-order valence-corrected chi connectivity index (χ1v) is 10.6. The third-order valence-corrected chi connectivity index (χ3v) is 8.10. The van der Waals surface area contributed by atoms with Crippen molar-refractivity contribution < 1.29 is 18.0 Å². The lowest BCUT2D eigenvalue weighted by molar-refractivity contribution is -0.146. The van der Waals surface area contributed by atoms with Gasteiger partial charge in [-0.05, 0) is 68.4 Å². The van der Waals surface area contributed by atoms with Crippen LogP contribution >= 0.6 is 11.3 Å². The first kappa shape index (κ1) is 18.2. The molecule has 6 rings (SSSR count). The van der Waals surface area contributed by atoms with Gasteiger partial charge in [0.15, 0.2) is 0 Å². The number of fused-ring (bicyclic) bond motifs is 1. The topological polar surface area (TPSA) is 46.4 Å². The molecule has 1 heterocycles. The molecule has 0 unspecified atom stereocenters. The van der Waals surface area contributed by atoms with Crippen molar-refractivity contribution in [2.24, 2.45) is 35.3 Å². The summed E-state index contributed by atoms with van der Waals surface area (Å²) in [7, 11) is 1.68. The van der Waals surface area contributed by atoms with Gasteiger partial charge in [-0.15, -0.1) is 5.10 Å². The number of halogens is 3. The number of aromatic nitrogens is 1. The highest BCUT2D eigenvalue weighted by atomic mass is 32.1. The van der Waals surface area contributed by atoms with Gasteiger partial charge in [0.2, 0.25) is 10.7 Å². The molecule has 8 heteroatoms. The lowest BCUT2D eigenvalue weighted by atomic mass is 9.49. The van der Waals surface area contributed by atoms with Gasteiger partial charge in [-0.2, -0.15) is 13.2 Å². The number of aryl methyl sites for hydroxylation is 1. The molecule has 1 amide bonds. The summed E-state index contributed by atoms with van der Waals surface area (Å²) in [6, 6.07) is 4.12. The molecule has 0 saturated heterocycles. The largest absolute Gasteiger partial charge is 0.417 e. The van der Waals surface area contributed by atoms with Gasteiger partial charge in [-0.1, -0.05) is 17.4 Å². The first-order chi connectivity index (χ1) is 13.2. The van der Waals surface area contributed by atoms with Gasteiger partial charge in [-0.3, -0.25) is 4.79 Å². The van der Waals surface area contributed by atoms with Crippen LogP contribution in [0.2, 0.25) is 0 Å². The number of hydrogen-bond donors (Lipinski definition) is 1. The lowest BCUT2D eigenvalue weighted by Crippen LogP contribution is -2.53. The maximum Gasteiger partial charge on any atom is 0.417 e. The first-order valence-electron chi connectivity index (χ1n) is 9.75. The van der Waals surface area contributed by atoms with Gasteiger partial charge >= 0.3 is 6.18 Å². The van der Waals surface area contributed by atoms with E-state index in [0.717, 1.165) is 36.7 Å². The Morgan fingerprint density at radius 3 is 2.36 bits per heavy atom. The van der Waals surface area contributed by atoms with Crippen LogP contribution in [0.1, 0.15) is 44.1 Å². The number of carbonyl (C=O) groups is 1. The van der Waals surface area contributed by atoms with E-state index in [1.54, 1.807) is 17.7 Å². The van der Waals surface area contributed by atoms with E-state index in [1.807, 2.05) is 0 Å². The Morgan fingerprint density at radius 1 is 1.18 bits per heavy atom. The van der Waals surface area contributed by atoms with Crippen LogP contribution in [0.3, 0.4) is 0 Å². The normalized spacial score (nSPS) is 32.3. The predicted molar refractivity (Wildman–Crippen MR) is 100 cm³/mol. The van der Waals surface area contributed by atoms with Crippen LogP contribution < -0.4 is 10.2 Å². The Balaban J connectivity index is 1.46. The van der Waals surface area contributed by atoms with E-state index in [2.05, 4.69) is 10.5 Å². The number of nitrogens with one attached hydrogen (secondary N) is 1. The number of benzene rings is 1. The molecule has 4 nitrogen and oxygen atoms in total. The molecule has 150 valence electrons. The molecule has 0 spiro atoms. The molecule has 1 aromatic heterocycles. The number of alkyl halides is 3. The number of carbonyl (C=O) groups excluding carboxylic acids is 1. The van der Waals surface area contributed by atoms with E-state index < -0.39 is 11.7 Å². The fourth-order valence-electron chi connectivity index (χ4n) is 6.09. The molecule has 0 radical (unpaired) electrons. The zero-order valence-corrected chi connectivity index (χ0v) is 16.4. The van der Waals surface area contributed by atoms with Crippen LogP contribution in [0.4, 0.5) is 13.2 Å². The molecule has 4 fully saturated rings. The maximum absolute atomic E-state index is 13.3. The van der Waals surface area contributed by atoms with Crippen molar-refractivity contribution >= 4 is 27.5 Å². The van der Waals surface area contributed by atoms with E-state index in [9.17, 15) is 18.0 Å². The van der Waals surface area contributed by atoms with E-state index >= 15 is 0 Å². The molecule has 2 aromatic rings. The second kappa shape index (κ2) is 6.08. The summed E-state index contributed by atoms with van der Waals surface area (Å²) in [5, 5.41) is 4.24. The second-order valence-corrected chi connectivity index (χ2v) is 9.82. The predicted octanol–water partition coefficient (Wildman–Crippen LogP) is 4.41. The molecule has 4 aliphatic rings. The van der Waals surface area contributed by atoms with Gasteiger partial charge in [0.05, 0.1) is 21.2 Å². The van der Waals surface area contributed by atoms with E-state index in [4.69, 9.17) is 0 Å². The highest BCUT2D eigenvalue weighted by Crippen LogP contribution is 2.60. The SMILES string of the molecule is Cn1/c(=N/NC(=O)C23CC4CC(CC(C4)C2)C3)sc2c(C(F)(F)F)cccc21. The lowest BCUT2D eigenvalue weighted by Gasteiger charge is -2.55. The number of rotatable bonds is 2. The molecule has 0 aliphatic heterocycles. The van der Waals surface area contributed by atoms with Crippen LogP contribution in [-0.2, 0) is 18.0 Å². The fraction of sp³-hybridized carbons (Fsp3) is 0.600. The van der Waals surface area contributed by atoms with Crippen LogP contribution in [0, 0.1) is 23.2 Å². The van der Waals surface area contributed by atoms with Gasteiger partial charge in [0.25, 0.3) is 0 Å². The van der Waals surface area contributed by atoms with E-state index in [0.29, 0.717) is 28.1 Å². The molecular weight excluding hydrogens is 387 g/mol. The summed E-state index contributed by atoms with van der Waals surface area (Å²) in [5.74, 6) is 1.88. The standard InChI is InChI=1S/C20H22F3N3OS/c1-26-15-4-2-3-14(20(21,22)23)16(15)28-18(26)25-24-17(27)19-8-11-5-12(9-19)7-13(6-11)10-19/h2-4,11-13H,5-10H2,1H3,(H,24,27)/b25-18-. The van der Waals surface area contributed by atoms with Crippen LogP contribution in [0.25, 0.3) is 10.2 Å². The highest BCUT2D eigenvalue weighted by molar-refractivity contribution is 7.16. The average molecular weight is 409 g/mol. The molecule has 0 atom stereocenters. The summed E-state index contributed by atoms with van der Waals surface area (Å²) in [6.07, 6.45) is 2.10. The molecule has 4 aliphatic carbocycles. The maximum atomic E-state index is 13.3. The molecule has 4 saturated carbocycles. The minimum absolute atomic E-state index is 0.0555. The van der Waals surface area contributed by atoms with Crippen molar-refractivity contribution in [3.63, 3.8) is 0 Å². The molecular formula is C20H22F3N3OS. The third kappa shape index (κ3) is 2.79. The fourth-order valence-corrected chi connectivity index (χ4v) is 7.20. The smallest absolute Gasteiger partial charge is 0.318 e. The number of amides is 1. The van der Waals surface area contributed by atoms with Crippen LogP contribution in [-0.4, -0.2) is 10.5 Å². The van der Waals surface area contributed by atoms with Crippen molar-refractivity contribution in [2.75, 3.05) is 0 Å².